The van der Waals surface area contributed by atoms with Gasteiger partial charge in [0.25, 0.3) is 5.91 Å². The summed E-state index contributed by atoms with van der Waals surface area (Å²) >= 11 is 5.64. The van der Waals surface area contributed by atoms with Crippen LogP contribution < -0.4 is 20.1 Å². The molecule has 0 heterocycles. The van der Waals surface area contributed by atoms with E-state index in [1.807, 2.05) is 0 Å². The molecule has 0 aliphatic heterocycles. The van der Waals surface area contributed by atoms with E-state index in [9.17, 15) is 22.8 Å². The largest absolute Gasteiger partial charge is 0.484 e. The number of nitrogens with one attached hydrogen (secondary N) is 2. The molecule has 3 aliphatic rings. The molecule has 2 amide bonds. The van der Waals surface area contributed by atoms with Crippen LogP contribution in [-0.4, -0.2) is 31.1 Å². The number of carbonyl (C=O) groups excluding carboxylic acids is 2. The number of benzene rings is 2. The Kier molecular flexibility index (Phi) is 7.50. The average molecular weight is 497 g/mol. The van der Waals surface area contributed by atoms with E-state index >= 15 is 0 Å². The number of amides is 2. The Morgan fingerprint density at radius 1 is 1.09 bits per heavy atom. The van der Waals surface area contributed by atoms with Crippen LogP contribution in [0, 0.1) is 23.6 Å². The summed E-state index contributed by atoms with van der Waals surface area (Å²) in [5.41, 5.74) is 0.457. The molecule has 2 bridgehead atoms. The van der Waals surface area contributed by atoms with Crippen LogP contribution in [0.2, 0.25) is 5.02 Å². The maximum Gasteiger partial charge on any atom is 0.387 e. The predicted molar refractivity (Wildman–Crippen MR) is 118 cm³/mol. The van der Waals surface area contributed by atoms with Crippen molar-refractivity contribution in [3.63, 3.8) is 0 Å². The van der Waals surface area contributed by atoms with Crippen molar-refractivity contribution in [2.45, 2.75) is 38.5 Å². The van der Waals surface area contributed by atoms with E-state index in [-0.39, 0.29) is 59.4 Å². The lowest BCUT2D eigenvalue weighted by Gasteiger charge is -2.50. The van der Waals surface area contributed by atoms with Crippen molar-refractivity contribution in [3.8, 4) is 11.5 Å². The van der Waals surface area contributed by atoms with Gasteiger partial charge >= 0.3 is 6.61 Å². The fourth-order valence-corrected chi connectivity index (χ4v) is 4.78. The van der Waals surface area contributed by atoms with Crippen molar-refractivity contribution < 1.29 is 32.2 Å². The van der Waals surface area contributed by atoms with Crippen molar-refractivity contribution in [2.24, 2.45) is 17.8 Å². The van der Waals surface area contributed by atoms with E-state index in [0.717, 1.165) is 18.9 Å². The highest BCUT2D eigenvalue weighted by Gasteiger charge is 2.48. The molecule has 10 heteroatoms. The zero-order valence-electron chi connectivity index (χ0n) is 18.1. The summed E-state index contributed by atoms with van der Waals surface area (Å²) in [5.74, 6) is -0.710. The third-order valence-electron chi connectivity index (χ3n) is 6.44. The quantitative estimate of drug-likeness (QED) is 0.542. The zero-order chi connectivity index (χ0) is 24.2. The van der Waals surface area contributed by atoms with Gasteiger partial charge in [-0.25, -0.2) is 4.39 Å². The average Bonchev–Trinajstić information content (AvgIpc) is 2.77. The van der Waals surface area contributed by atoms with E-state index in [2.05, 4.69) is 15.4 Å². The molecule has 34 heavy (non-hydrogen) atoms. The number of carbonyl (C=O) groups is 2. The highest BCUT2D eigenvalue weighted by atomic mass is 35.5. The van der Waals surface area contributed by atoms with Crippen LogP contribution in [0.1, 0.15) is 24.8 Å². The first-order valence-corrected chi connectivity index (χ1v) is 11.4. The van der Waals surface area contributed by atoms with Crippen LogP contribution in [-0.2, 0) is 16.1 Å². The zero-order valence-corrected chi connectivity index (χ0v) is 18.9. The second kappa shape index (κ2) is 10.5. The molecule has 2 aromatic carbocycles. The SMILES string of the molecule is O=C(COc1ccc(Cl)c(F)c1)N[C@H]1C[C@@H](C(=O)NCc2ccccc2OC(F)F)C2CC1C2. The smallest absolute Gasteiger partial charge is 0.387 e. The van der Waals surface area contributed by atoms with Gasteiger partial charge in [0.05, 0.1) is 5.02 Å². The van der Waals surface area contributed by atoms with Crippen molar-refractivity contribution in [1.29, 1.82) is 0 Å². The monoisotopic (exact) mass is 496 g/mol. The minimum Gasteiger partial charge on any atom is -0.484 e. The number of alkyl halides is 2. The van der Waals surface area contributed by atoms with Crippen molar-refractivity contribution in [1.82, 2.24) is 10.6 Å². The molecule has 3 fully saturated rings. The third-order valence-corrected chi connectivity index (χ3v) is 6.75. The van der Waals surface area contributed by atoms with Crippen molar-refractivity contribution in [2.75, 3.05) is 6.61 Å². The first-order chi connectivity index (χ1) is 16.3. The third kappa shape index (κ3) is 5.75. The number of fused-ring (bicyclic) bond motifs is 2. The molecular formula is C24H24ClF3N2O4. The Hall–Kier alpha value is -2.94. The lowest BCUT2D eigenvalue weighted by Crippen LogP contribution is -2.56. The van der Waals surface area contributed by atoms with Gasteiger partial charge < -0.3 is 20.1 Å². The van der Waals surface area contributed by atoms with E-state index in [0.29, 0.717) is 17.9 Å². The van der Waals surface area contributed by atoms with Crippen LogP contribution in [0.5, 0.6) is 11.5 Å². The van der Waals surface area contributed by atoms with E-state index in [1.165, 1.54) is 18.2 Å². The van der Waals surface area contributed by atoms with Crippen LogP contribution in [0.25, 0.3) is 0 Å². The molecule has 0 radical (unpaired) electrons. The van der Waals surface area contributed by atoms with Gasteiger partial charge in [-0.05, 0) is 49.3 Å². The van der Waals surface area contributed by atoms with Crippen LogP contribution in [0.15, 0.2) is 42.5 Å². The van der Waals surface area contributed by atoms with Crippen molar-refractivity contribution in [3.05, 3.63) is 58.9 Å². The summed E-state index contributed by atoms with van der Waals surface area (Å²) in [7, 11) is 0. The maximum atomic E-state index is 13.5. The number of rotatable bonds is 9. The van der Waals surface area contributed by atoms with Crippen LogP contribution >= 0.6 is 11.6 Å². The standard InChI is InChI=1S/C24H24ClF3N2O4/c25-18-6-5-16(9-19(18)26)33-12-22(31)30-20-10-17(14-7-15(20)8-14)23(32)29-11-13-3-1-2-4-21(13)34-24(27)28/h1-6,9,14-15,17,20,24H,7-8,10-12H2,(H,29,32)(H,30,31)/t14?,15?,17-,20+/m1/s1. The molecular weight excluding hydrogens is 473 g/mol. The molecule has 0 unspecified atom stereocenters. The lowest BCUT2D eigenvalue weighted by molar-refractivity contribution is -0.136. The van der Waals surface area contributed by atoms with Crippen molar-refractivity contribution >= 4 is 23.4 Å². The topological polar surface area (TPSA) is 76.7 Å². The van der Waals surface area contributed by atoms with Gasteiger partial charge in [-0.2, -0.15) is 8.78 Å². The van der Waals surface area contributed by atoms with Gasteiger partial charge in [-0.1, -0.05) is 29.8 Å². The fourth-order valence-electron chi connectivity index (χ4n) is 4.66. The highest BCUT2D eigenvalue weighted by molar-refractivity contribution is 6.30. The second-order valence-electron chi connectivity index (χ2n) is 8.58. The summed E-state index contributed by atoms with van der Waals surface area (Å²) < 4.78 is 48.6. The number of hydrogen-bond donors (Lipinski definition) is 2. The normalized spacial score (nSPS) is 23.1. The Labute approximate surface area is 199 Å². The number of hydrogen-bond acceptors (Lipinski definition) is 4. The molecule has 2 atom stereocenters. The molecule has 6 nitrogen and oxygen atoms in total. The first-order valence-electron chi connectivity index (χ1n) is 11.0. The van der Waals surface area contributed by atoms with Crippen LogP contribution in [0.4, 0.5) is 13.2 Å². The molecule has 0 aromatic heterocycles. The van der Waals surface area contributed by atoms with E-state index < -0.39 is 12.4 Å². The molecule has 2 aromatic rings. The molecule has 2 N–H and O–H groups in total. The second-order valence-corrected chi connectivity index (χ2v) is 8.98. The highest BCUT2D eigenvalue weighted by Crippen LogP contribution is 2.49. The first kappa shape index (κ1) is 24.2. The molecule has 3 saturated carbocycles. The maximum absolute atomic E-state index is 13.5. The van der Waals surface area contributed by atoms with Gasteiger partial charge in [-0.15, -0.1) is 0 Å². The van der Waals surface area contributed by atoms with E-state index in [4.69, 9.17) is 16.3 Å². The van der Waals surface area contributed by atoms with Gasteiger partial charge in [0.1, 0.15) is 17.3 Å². The summed E-state index contributed by atoms with van der Waals surface area (Å²) in [5, 5.41) is 5.71. The number of ether oxygens (including phenoxy) is 2. The molecule has 3 aliphatic carbocycles. The molecule has 182 valence electrons. The molecule has 5 rings (SSSR count). The number of halogens is 4. The summed E-state index contributed by atoms with van der Waals surface area (Å²) in [6.07, 6.45) is 2.15. The lowest BCUT2D eigenvalue weighted by atomic mass is 9.57. The van der Waals surface area contributed by atoms with Gasteiger partial charge in [0.15, 0.2) is 6.61 Å². The Bertz CT molecular complexity index is 1050. The minimum absolute atomic E-state index is 0.0239. The van der Waals surface area contributed by atoms with Gasteiger partial charge in [0.2, 0.25) is 5.91 Å². The van der Waals surface area contributed by atoms with Crippen LogP contribution in [0.3, 0.4) is 0 Å². The summed E-state index contributed by atoms with van der Waals surface area (Å²) in [4.78, 5) is 25.2. The van der Waals surface area contributed by atoms with E-state index in [1.54, 1.807) is 18.2 Å². The van der Waals surface area contributed by atoms with Gasteiger partial charge in [-0.3, -0.25) is 9.59 Å². The summed E-state index contributed by atoms with van der Waals surface area (Å²) in [6, 6.07) is 10.1. The summed E-state index contributed by atoms with van der Waals surface area (Å²) in [6.45, 7) is -3.17. The predicted octanol–water partition coefficient (Wildman–Crippen LogP) is 4.31. The Balaban J connectivity index is 1.28. The molecule has 0 saturated heterocycles. The van der Waals surface area contributed by atoms with Gasteiger partial charge in [0, 0.05) is 30.1 Å². The fraction of sp³-hybridized carbons (Fsp3) is 0.417. The molecule has 0 spiro atoms. The Morgan fingerprint density at radius 2 is 1.85 bits per heavy atom. The Morgan fingerprint density at radius 3 is 2.59 bits per heavy atom. The number of para-hydroxylation sites is 1. The minimum atomic E-state index is -2.95.